The number of carbonyl (C=O) groups excluding carboxylic acids is 1. The molecule has 0 bridgehead atoms. The smallest absolute Gasteiger partial charge is 0.353 e. The Morgan fingerprint density at radius 3 is 2.44 bits per heavy atom. The second kappa shape index (κ2) is 9.47. The van der Waals surface area contributed by atoms with Crippen LogP contribution in [0.15, 0.2) is 58.3 Å². The molecule has 13 heteroatoms. The molecular formula is C21H22N6O6S. The number of carbonyl (C=O) groups is 1. The van der Waals surface area contributed by atoms with E-state index in [0.29, 0.717) is 26.2 Å². The van der Waals surface area contributed by atoms with Gasteiger partial charge in [-0.1, -0.05) is 12.1 Å². The molecule has 3 heterocycles. The van der Waals surface area contributed by atoms with Gasteiger partial charge in [0.15, 0.2) is 15.6 Å². The van der Waals surface area contributed by atoms with Crippen molar-refractivity contribution in [3.63, 3.8) is 0 Å². The molecule has 0 saturated carbocycles. The number of hydrogen-bond donors (Lipinski definition) is 1. The van der Waals surface area contributed by atoms with E-state index in [9.17, 15) is 23.3 Å². The highest BCUT2D eigenvalue weighted by atomic mass is 32.2. The summed E-state index contributed by atoms with van der Waals surface area (Å²) in [5, 5.41) is 14.8. The van der Waals surface area contributed by atoms with Gasteiger partial charge in [-0.3, -0.25) is 14.9 Å². The summed E-state index contributed by atoms with van der Waals surface area (Å²) in [5.41, 5.74) is 0.466. The zero-order valence-electron chi connectivity index (χ0n) is 18.2. The Bertz CT molecular complexity index is 1290. The first kappa shape index (κ1) is 23.2. The van der Waals surface area contributed by atoms with Crippen molar-refractivity contribution in [3.8, 4) is 0 Å². The number of nitrogens with one attached hydrogen (secondary N) is 1. The first-order valence-corrected chi connectivity index (χ1v) is 12.2. The highest BCUT2D eigenvalue weighted by Crippen LogP contribution is 2.32. The van der Waals surface area contributed by atoms with Gasteiger partial charge in [0.25, 0.3) is 5.91 Å². The summed E-state index contributed by atoms with van der Waals surface area (Å²) in [5.74, 6) is 0.236. The van der Waals surface area contributed by atoms with Crippen LogP contribution in [-0.4, -0.2) is 66.6 Å². The number of sulfone groups is 1. The number of hydrogen-bond acceptors (Lipinski definition) is 10. The monoisotopic (exact) mass is 486 g/mol. The first-order valence-electron chi connectivity index (χ1n) is 10.3. The van der Waals surface area contributed by atoms with Crippen molar-refractivity contribution in [2.75, 3.05) is 42.7 Å². The fourth-order valence-corrected chi connectivity index (χ4v) is 4.25. The Hall–Kier alpha value is -4.00. The number of piperazine rings is 1. The van der Waals surface area contributed by atoms with E-state index in [2.05, 4.69) is 15.3 Å². The fourth-order valence-electron chi connectivity index (χ4n) is 3.62. The normalized spacial score (nSPS) is 14.1. The lowest BCUT2D eigenvalue weighted by Crippen LogP contribution is -2.49. The second-order valence-electron chi connectivity index (χ2n) is 7.68. The van der Waals surface area contributed by atoms with Crippen LogP contribution in [0.25, 0.3) is 0 Å². The minimum atomic E-state index is -3.31. The lowest BCUT2D eigenvalue weighted by molar-refractivity contribution is -0.383. The maximum absolute atomic E-state index is 12.5. The number of rotatable bonds is 7. The summed E-state index contributed by atoms with van der Waals surface area (Å²) in [6, 6.07) is 9.46. The molecule has 178 valence electrons. The molecule has 0 aliphatic carbocycles. The second-order valence-corrected chi connectivity index (χ2v) is 9.69. The van der Waals surface area contributed by atoms with Gasteiger partial charge in [0, 0.05) is 39.0 Å². The van der Waals surface area contributed by atoms with E-state index in [0.717, 1.165) is 11.8 Å². The molecule has 34 heavy (non-hydrogen) atoms. The summed E-state index contributed by atoms with van der Waals surface area (Å²) in [6.07, 6.45) is 3.80. The average molecular weight is 487 g/mol. The van der Waals surface area contributed by atoms with Crippen LogP contribution < -0.4 is 10.2 Å². The van der Waals surface area contributed by atoms with Gasteiger partial charge in [0.1, 0.15) is 6.33 Å². The molecule has 2 aromatic heterocycles. The number of benzene rings is 1. The van der Waals surface area contributed by atoms with Crippen molar-refractivity contribution >= 4 is 33.1 Å². The number of amides is 1. The predicted octanol–water partition coefficient (Wildman–Crippen LogP) is 1.96. The van der Waals surface area contributed by atoms with Crippen molar-refractivity contribution < 1.29 is 22.6 Å². The third kappa shape index (κ3) is 4.98. The predicted molar refractivity (Wildman–Crippen MR) is 122 cm³/mol. The molecule has 1 N–H and O–H groups in total. The molecule has 1 saturated heterocycles. The Morgan fingerprint density at radius 2 is 1.85 bits per heavy atom. The van der Waals surface area contributed by atoms with Crippen molar-refractivity contribution in [2.24, 2.45) is 0 Å². The van der Waals surface area contributed by atoms with Gasteiger partial charge in [0.05, 0.1) is 16.1 Å². The molecular weight excluding hydrogens is 464 g/mol. The largest absolute Gasteiger partial charge is 0.459 e. The van der Waals surface area contributed by atoms with Gasteiger partial charge in [-0.15, -0.1) is 0 Å². The van der Waals surface area contributed by atoms with E-state index >= 15 is 0 Å². The number of furan rings is 1. The fraction of sp³-hybridized carbons (Fsp3) is 0.286. The topological polar surface area (TPSA) is 152 Å². The van der Waals surface area contributed by atoms with Crippen molar-refractivity contribution in [1.82, 2.24) is 14.9 Å². The molecule has 0 unspecified atom stereocenters. The maximum atomic E-state index is 12.5. The quantitative estimate of drug-likeness (QED) is 0.387. The highest BCUT2D eigenvalue weighted by Gasteiger charge is 2.31. The summed E-state index contributed by atoms with van der Waals surface area (Å²) >= 11 is 0. The number of anilines is 2. The highest BCUT2D eigenvalue weighted by molar-refractivity contribution is 7.90. The molecule has 1 fully saturated rings. The van der Waals surface area contributed by atoms with Crippen LogP contribution in [0.4, 0.5) is 17.3 Å². The molecule has 1 amide bonds. The Kier molecular flexibility index (Phi) is 6.45. The summed E-state index contributed by atoms with van der Waals surface area (Å²) < 4.78 is 28.4. The van der Waals surface area contributed by atoms with Gasteiger partial charge >= 0.3 is 5.69 Å². The third-order valence-corrected chi connectivity index (χ3v) is 6.52. The summed E-state index contributed by atoms with van der Waals surface area (Å²) in [7, 11) is -3.31. The zero-order chi connectivity index (χ0) is 24.3. The van der Waals surface area contributed by atoms with E-state index in [1.165, 1.54) is 24.7 Å². The van der Waals surface area contributed by atoms with E-state index in [4.69, 9.17) is 4.42 Å². The molecule has 1 aliphatic heterocycles. The van der Waals surface area contributed by atoms with Crippen molar-refractivity contribution in [2.45, 2.75) is 11.4 Å². The van der Waals surface area contributed by atoms with Crippen LogP contribution in [0, 0.1) is 10.1 Å². The first-order chi connectivity index (χ1) is 16.2. The lowest BCUT2D eigenvalue weighted by Gasteiger charge is -2.34. The van der Waals surface area contributed by atoms with Crippen LogP contribution in [0.2, 0.25) is 0 Å². The molecule has 1 aromatic carbocycles. The average Bonchev–Trinajstić information content (AvgIpc) is 3.37. The molecule has 0 spiro atoms. The lowest BCUT2D eigenvalue weighted by atomic mass is 10.2. The Labute approximate surface area is 195 Å². The van der Waals surface area contributed by atoms with Crippen LogP contribution in [0.1, 0.15) is 16.1 Å². The maximum Gasteiger partial charge on any atom is 0.353 e. The van der Waals surface area contributed by atoms with Gasteiger partial charge in [-0.05, 0) is 29.8 Å². The van der Waals surface area contributed by atoms with E-state index < -0.39 is 14.8 Å². The minimum Gasteiger partial charge on any atom is -0.459 e. The zero-order valence-corrected chi connectivity index (χ0v) is 19.1. The van der Waals surface area contributed by atoms with Crippen LogP contribution in [0.3, 0.4) is 0 Å². The van der Waals surface area contributed by atoms with E-state index in [1.807, 2.05) is 0 Å². The van der Waals surface area contributed by atoms with Gasteiger partial charge in [-0.2, -0.15) is 0 Å². The molecule has 12 nitrogen and oxygen atoms in total. The van der Waals surface area contributed by atoms with E-state index in [1.54, 1.807) is 34.1 Å². The minimum absolute atomic E-state index is 0.0521. The molecule has 0 atom stereocenters. The Morgan fingerprint density at radius 1 is 1.15 bits per heavy atom. The molecule has 0 radical (unpaired) electrons. The van der Waals surface area contributed by atoms with Crippen LogP contribution in [-0.2, 0) is 16.4 Å². The van der Waals surface area contributed by atoms with Crippen LogP contribution >= 0.6 is 0 Å². The van der Waals surface area contributed by atoms with Crippen molar-refractivity contribution in [3.05, 3.63) is 70.4 Å². The molecule has 1 aliphatic rings. The summed E-state index contributed by atoms with van der Waals surface area (Å²) in [4.78, 5) is 35.6. The number of nitro groups is 1. The van der Waals surface area contributed by atoms with Crippen molar-refractivity contribution in [1.29, 1.82) is 0 Å². The SMILES string of the molecule is CS(=O)(=O)c1ccc(CNc2ncnc(N3CCN(C(=O)c4ccco4)CC3)c2[N+](=O)[O-])cc1. The van der Waals surface area contributed by atoms with Gasteiger partial charge in [0.2, 0.25) is 11.6 Å². The Balaban J connectivity index is 1.47. The van der Waals surface area contributed by atoms with Gasteiger partial charge < -0.3 is 19.5 Å². The molecule has 4 rings (SSSR count). The number of nitrogens with zero attached hydrogens (tertiary/aromatic N) is 5. The van der Waals surface area contributed by atoms with Crippen LogP contribution in [0.5, 0.6) is 0 Å². The molecule has 3 aromatic rings. The summed E-state index contributed by atoms with van der Waals surface area (Å²) in [6.45, 7) is 1.63. The van der Waals surface area contributed by atoms with Gasteiger partial charge in [-0.25, -0.2) is 18.4 Å². The number of aromatic nitrogens is 2. The third-order valence-electron chi connectivity index (χ3n) is 5.40. The van der Waals surface area contributed by atoms with E-state index in [-0.39, 0.29) is 40.4 Å². The standard InChI is InChI=1S/C21H22N6O6S/c1-34(31,32)16-6-4-15(5-7-16)13-22-19-18(27(29)30)20(24-14-23-19)25-8-10-26(11-9-25)21(28)17-3-2-12-33-17/h2-7,12,14H,8-11,13H2,1H3,(H,22,23,24).